The largest absolute Gasteiger partial charge is 0.495 e. The van der Waals surface area contributed by atoms with Crippen molar-refractivity contribution < 1.29 is 14.3 Å². The third-order valence-electron chi connectivity index (χ3n) is 5.74. The van der Waals surface area contributed by atoms with Gasteiger partial charge in [-0.25, -0.2) is 4.98 Å². The maximum atomic E-state index is 13.1. The van der Waals surface area contributed by atoms with Gasteiger partial charge in [0.15, 0.2) is 5.16 Å². The van der Waals surface area contributed by atoms with Crippen molar-refractivity contribution in [2.45, 2.75) is 31.2 Å². The molecule has 4 aromatic rings. The highest BCUT2D eigenvalue weighted by Crippen LogP contribution is 2.37. The van der Waals surface area contributed by atoms with Crippen molar-refractivity contribution in [3.8, 4) is 34.0 Å². The molecule has 1 atom stereocenters. The summed E-state index contributed by atoms with van der Waals surface area (Å²) in [4.78, 5) is 21.4. The predicted octanol–water partition coefficient (Wildman–Crippen LogP) is 7.15. The van der Waals surface area contributed by atoms with Gasteiger partial charge in [0.05, 0.1) is 41.6 Å². The Labute approximate surface area is 220 Å². The number of methoxy groups -OCH3 is 2. The fourth-order valence-corrected chi connectivity index (χ4v) is 4.72. The zero-order valence-corrected chi connectivity index (χ0v) is 22.4. The summed E-state index contributed by atoms with van der Waals surface area (Å²) in [5.74, 6) is 0.726. The molecule has 2 N–H and O–H groups in total. The Morgan fingerprint density at radius 1 is 0.944 bits per heavy atom. The van der Waals surface area contributed by atoms with Crippen molar-refractivity contribution in [2.24, 2.45) is 0 Å². The molecule has 36 heavy (non-hydrogen) atoms. The molecular formula is C28H28ClN3O3S. The van der Waals surface area contributed by atoms with Crippen LogP contribution in [0.4, 0.5) is 5.69 Å². The molecule has 8 heteroatoms. The Kier molecular flexibility index (Phi) is 7.91. The van der Waals surface area contributed by atoms with E-state index in [0.717, 1.165) is 22.5 Å². The summed E-state index contributed by atoms with van der Waals surface area (Å²) in [6, 6.07) is 19.8. The van der Waals surface area contributed by atoms with Crippen LogP contribution in [0.25, 0.3) is 22.5 Å². The topological polar surface area (TPSA) is 76.2 Å². The average molecular weight is 522 g/mol. The lowest BCUT2D eigenvalue weighted by molar-refractivity contribution is -0.115. The number of carbonyl (C=O) groups excluding carboxylic acids is 1. The summed E-state index contributed by atoms with van der Waals surface area (Å²) in [7, 11) is 3.05. The Bertz CT molecular complexity index is 1310. The maximum absolute atomic E-state index is 13.1. The first kappa shape index (κ1) is 25.7. The van der Waals surface area contributed by atoms with Gasteiger partial charge in [0.25, 0.3) is 0 Å². The summed E-state index contributed by atoms with van der Waals surface area (Å²) in [5.41, 5.74) is 6.64. The number of aromatic amines is 1. The van der Waals surface area contributed by atoms with Crippen LogP contribution in [0.3, 0.4) is 0 Å². The molecule has 186 valence electrons. The molecule has 4 rings (SSSR count). The lowest BCUT2D eigenvalue weighted by Gasteiger charge is -2.15. The minimum absolute atomic E-state index is 0.204. The molecule has 0 spiro atoms. The highest BCUT2D eigenvalue weighted by atomic mass is 35.5. The number of imidazole rings is 1. The van der Waals surface area contributed by atoms with Crippen molar-refractivity contribution in [2.75, 3.05) is 19.5 Å². The van der Waals surface area contributed by atoms with Crippen molar-refractivity contribution >= 4 is 35.0 Å². The molecule has 1 amide bonds. The first-order valence-electron chi connectivity index (χ1n) is 11.4. The van der Waals surface area contributed by atoms with Crippen LogP contribution >= 0.6 is 23.4 Å². The number of rotatable bonds is 8. The van der Waals surface area contributed by atoms with Gasteiger partial charge in [0.2, 0.25) is 5.91 Å². The second-order valence-electron chi connectivity index (χ2n) is 8.43. The van der Waals surface area contributed by atoms with Gasteiger partial charge in [-0.1, -0.05) is 83.0 Å². The number of carbonyl (C=O) groups is 1. The summed E-state index contributed by atoms with van der Waals surface area (Å²) >= 11 is 7.60. The van der Waals surface area contributed by atoms with E-state index >= 15 is 0 Å². The smallest absolute Gasteiger partial charge is 0.237 e. The van der Waals surface area contributed by atoms with E-state index in [4.69, 9.17) is 26.1 Å². The number of nitrogens with zero attached hydrogens (tertiary/aromatic N) is 1. The first-order chi connectivity index (χ1) is 17.3. The van der Waals surface area contributed by atoms with Gasteiger partial charge < -0.3 is 19.8 Å². The molecule has 1 aromatic heterocycles. The number of thioether (sulfide) groups is 1. The van der Waals surface area contributed by atoms with Crippen LogP contribution < -0.4 is 14.8 Å². The van der Waals surface area contributed by atoms with Crippen LogP contribution in [0.15, 0.2) is 65.8 Å². The van der Waals surface area contributed by atoms with Crippen molar-refractivity contribution in [3.63, 3.8) is 0 Å². The van der Waals surface area contributed by atoms with Gasteiger partial charge in [-0.3, -0.25) is 4.79 Å². The van der Waals surface area contributed by atoms with Crippen LogP contribution in [0, 0.1) is 13.8 Å². The van der Waals surface area contributed by atoms with Crippen LogP contribution in [0.2, 0.25) is 5.02 Å². The second kappa shape index (κ2) is 11.1. The van der Waals surface area contributed by atoms with E-state index in [-0.39, 0.29) is 5.91 Å². The van der Waals surface area contributed by atoms with Gasteiger partial charge in [0.1, 0.15) is 11.5 Å². The third-order valence-corrected chi connectivity index (χ3v) is 7.02. The number of nitrogens with one attached hydrogen (secondary N) is 2. The molecule has 0 saturated heterocycles. The van der Waals surface area contributed by atoms with Crippen LogP contribution in [0.1, 0.15) is 18.1 Å². The predicted molar refractivity (Wildman–Crippen MR) is 147 cm³/mol. The van der Waals surface area contributed by atoms with E-state index in [2.05, 4.69) is 72.7 Å². The molecule has 0 bridgehead atoms. The molecular weight excluding hydrogens is 494 g/mol. The van der Waals surface area contributed by atoms with Gasteiger partial charge in [-0.15, -0.1) is 0 Å². The second-order valence-corrected chi connectivity index (χ2v) is 10.2. The zero-order chi connectivity index (χ0) is 25.8. The average Bonchev–Trinajstić information content (AvgIpc) is 3.28. The van der Waals surface area contributed by atoms with Gasteiger partial charge >= 0.3 is 0 Å². The van der Waals surface area contributed by atoms with Crippen LogP contribution in [-0.4, -0.2) is 35.3 Å². The Morgan fingerprint density at radius 2 is 1.53 bits per heavy atom. The molecule has 0 aliphatic rings. The fraction of sp³-hybridized carbons (Fsp3) is 0.214. The molecule has 1 unspecified atom stereocenters. The van der Waals surface area contributed by atoms with Gasteiger partial charge in [0, 0.05) is 17.2 Å². The lowest BCUT2D eigenvalue weighted by Crippen LogP contribution is -2.22. The van der Waals surface area contributed by atoms with E-state index in [1.54, 1.807) is 12.1 Å². The standard InChI is InChI=1S/C28H28ClN3O3S/c1-16-6-10-19(11-7-16)25-26(20-12-8-17(2)9-13-20)32-28(31-25)36-18(3)27(33)30-22-14-21(29)23(34-4)15-24(22)35-5/h6-15,18H,1-5H3,(H,30,33)(H,31,32). The molecule has 3 aromatic carbocycles. The van der Waals surface area contributed by atoms with Crippen LogP contribution in [0.5, 0.6) is 11.5 Å². The number of aromatic nitrogens is 2. The Morgan fingerprint density at radius 3 is 2.11 bits per heavy atom. The number of anilines is 1. The monoisotopic (exact) mass is 521 g/mol. The highest BCUT2D eigenvalue weighted by Gasteiger charge is 2.21. The minimum atomic E-state index is -0.446. The number of benzene rings is 3. The lowest BCUT2D eigenvalue weighted by atomic mass is 10.0. The summed E-state index contributed by atoms with van der Waals surface area (Å²) in [6.45, 7) is 5.95. The van der Waals surface area contributed by atoms with E-state index in [9.17, 15) is 4.79 Å². The van der Waals surface area contributed by atoms with E-state index < -0.39 is 5.25 Å². The van der Waals surface area contributed by atoms with Gasteiger partial charge in [-0.2, -0.15) is 0 Å². The van der Waals surface area contributed by atoms with E-state index in [1.165, 1.54) is 37.1 Å². The number of H-pyrrole nitrogens is 1. The molecule has 1 heterocycles. The minimum Gasteiger partial charge on any atom is -0.495 e. The number of amides is 1. The van der Waals surface area contributed by atoms with Crippen molar-refractivity contribution in [1.82, 2.24) is 9.97 Å². The number of hydrogen-bond donors (Lipinski definition) is 2. The molecule has 0 saturated carbocycles. The normalized spacial score (nSPS) is 11.7. The number of ether oxygens (including phenoxy) is 2. The van der Waals surface area contributed by atoms with E-state index in [1.807, 2.05) is 6.92 Å². The quantitative estimate of drug-likeness (QED) is 0.241. The van der Waals surface area contributed by atoms with E-state index in [0.29, 0.717) is 27.4 Å². The Hall–Kier alpha value is -3.42. The third kappa shape index (κ3) is 5.69. The molecule has 0 aliphatic carbocycles. The number of aryl methyl sites for hydroxylation is 2. The van der Waals surface area contributed by atoms with Crippen molar-refractivity contribution in [3.05, 3.63) is 76.8 Å². The van der Waals surface area contributed by atoms with Crippen LogP contribution in [-0.2, 0) is 4.79 Å². The maximum Gasteiger partial charge on any atom is 0.237 e. The summed E-state index contributed by atoms with van der Waals surface area (Å²) < 4.78 is 10.6. The number of halogens is 1. The first-order valence-corrected chi connectivity index (χ1v) is 12.7. The Balaban J connectivity index is 1.60. The van der Waals surface area contributed by atoms with Crippen molar-refractivity contribution in [1.29, 1.82) is 0 Å². The number of hydrogen-bond acceptors (Lipinski definition) is 5. The summed E-state index contributed by atoms with van der Waals surface area (Å²) in [6.07, 6.45) is 0. The van der Waals surface area contributed by atoms with Gasteiger partial charge in [-0.05, 0) is 26.8 Å². The molecule has 0 fully saturated rings. The highest BCUT2D eigenvalue weighted by molar-refractivity contribution is 8.00. The molecule has 0 aliphatic heterocycles. The summed E-state index contributed by atoms with van der Waals surface area (Å²) in [5, 5.41) is 3.49. The SMILES string of the molecule is COc1cc(OC)c(NC(=O)C(C)Sc2nc(-c3ccc(C)cc3)c(-c3ccc(C)cc3)[nH]2)cc1Cl. The molecule has 0 radical (unpaired) electrons. The fourth-order valence-electron chi connectivity index (χ4n) is 3.67. The molecule has 6 nitrogen and oxygen atoms in total. The zero-order valence-electron chi connectivity index (χ0n) is 20.8.